The molecule has 0 aliphatic rings. The summed E-state index contributed by atoms with van der Waals surface area (Å²) in [6.07, 6.45) is 0. The van der Waals surface area contributed by atoms with Crippen LogP contribution in [0.3, 0.4) is 0 Å². The Morgan fingerprint density at radius 1 is 1.40 bits per heavy atom. The number of benzene rings is 1. The zero-order chi connectivity index (χ0) is 14.7. The van der Waals surface area contributed by atoms with Gasteiger partial charge in [0.05, 0.1) is 0 Å². The highest BCUT2D eigenvalue weighted by Crippen LogP contribution is 2.21. The average molecular weight is 278 g/mol. The summed E-state index contributed by atoms with van der Waals surface area (Å²) < 4.78 is 19.9. The first-order chi connectivity index (χ1) is 9.49. The molecule has 1 aromatic heterocycles. The Labute approximate surface area is 113 Å². The fraction of sp³-hybridized carbons (Fsp3) is 0.154. The van der Waals surface area contributed by atoms with E-state index in [2.05, 4.69) is 5.10 Å². The fourth-order valence-electron chi connectivity index (χ4n) is 1.54. The molecular formula is C13H11FN2O4. The molecule has 0 amide bonds. The van der Waals surface area contributed by atoms with E-state index < -0.39 is 11.8 Å². The van der Waals surface area contributed by atoms with Crippen molar-refractivity contribution in [3.8, 4) is 11.6 Å². The number of carboxylic acids is 1. The van der Waals surface area contributed by atoms with Crippen molar-refractivity contribution in [1.82, 2.24) is 9.78 Å². The van der Waals surface area contributed by atoms with Gasteiger partial charge in [-0.1, -0.05) is 12.1 Å². The number of Topliss-reactive ketones (excluding diaryl/α,β-unsaturated/α-hetero) is 1. The Hall–Kier alpha value is -2.70. The topological polar surface area (TPSA) is 81.4 Å². The van der Waals surface area contributed by atoms with Gasteiger partial charge >= 0.3 is 5.97 Å². The predicted octanol–water partition coefficient (Wildman–Crippen LogP) is 1.68. The van der Waals surface area contributed by atoms with E-state index in [1.807, 2.05) is 0 Å². The van der Waals surface area contributed by atoms with Crippen molar-refractivity contribution in [2.75, 3.05) is 6.61 Å². The summed E-state index contributed by atoms with van der Waals surface area (Å²) in [4.78, 5) is 21.9. The summed E-state index contributed by atoms with van der Waals surface area (Å²) in [7, 11) is 0. The molecule has 0 aliphatic carbocycles. The predicted molar refractivity (Wildman–Crippen MR) is 66.7 cm³/mol. The molecule has 0 saturated carbocycles. The van der Waals surface area contributed by atoms with E-state index >= 15 is 0 Å². The number of para-hydroxylation sites is 1. The summed E-state index contributed by atoms with van der Waals surface area (Å²) in [5.74, 6) is -2.11. The molecular weight excluding hydrogens is 267 g/mol. The Bertz CT molecular complexity index is 666. The number of rotatable bonds is 5. The van der Waals surface area contributed by atoms with E-state index in [1.54, 1.807) is 6.07 Å². The normalized spacial score (nSPS) is 10.3. The number of ketones is 1. The smallest absolute Gasteiger partial charge is 0.356 e. The SMILES string of the molecule is CC(=O)COc1cc(C(=O)O)nn1-c1ccccc1F. The number of nitrogens with zero attached hydrogens (tertiary/aromatic N) is 2. The Morgan fingerprint density at radius 3 is 2.70 bits per heavy atom. The van der Waals surface area contributed by atoms with E-state index in [0.29, 0.717) is 0 Å². The molecule has 0 radical (unpaired) electrons. The Kier molecular flexibility index (Phi) is 3.79. The van der Waals surface area contributed by atoms with Gasteiger partial charge in [0, 0.05) is 6.07 Å². The van der Waals surface area contributed by atoms with Crippen LogP contribution in [0.15, 0.2) is 30.3 Å². The molecule has 104 valence electrons. The molecule has 7 heteroatoms. The number of ether oxygens (including phenoxy) is 1. The number of hydrogen-bond donors (Lipinski definition) is 1. The molecule has 2 aromatic rings. The van der Waals surface area contributed by atoms with E-state index in [-0.39, 0.29) is 29.7 Å². The standard InChI is InChI=1S/C13H11FN2O4/c1-8(17)7-20-12-6-10(13(18)19)15-16(12)11-5-3-2-4-9(11)14/h2-6H,7H2,1H3,(H,18,19). The lowest BCUT2D eigenvalue weighted by molar-refractivity contribution is -0.119. The molecule has 1 heterocycles. The van der Waals surface area contributed by atoms with Crippen molar-refractivity contribution >= 4 is 11.8 Å². The van der Waals surface area contributed by atoms with E-state index in [1.165, 1.54) is 25.1 Å². The van der Waals surface area contributed by atoms with Crippen molar-refractivity contribution in [2.24, 2.45) is 0 Å². The zero-order valence-corrected chi connectivity index (χ0v) is 10.5. The zero-order valence-electron chi connectivity index (χ0n) is 10.5. The highest BCUT2D eigenvalue weighted by Gasteiger charge is 2.17. The van der Waals surface area contributed by atoms with Crippen LogP contribution in [0.4, 0.5) is 4.39 Å². The molecule has 1 aromatic carbocycles. The first kappa shape index (κ1) is 13.7. The lowest BCUT2D eigenvalue weighted by Gasteiger charge is -2.08. The van der Waals surface area contributed by atoms with Gasteiger partial charge < -0.3 is 9.84 Å². The number of carbonyl (C=O) groups is 2. The molecule has 2 rings (SSSR count). The van der Waals surface area contributed by atoms with E-state index in [0.717, 1.165) is 10.7 Å². The van der Waals surface area contributed by atoms with Crippen LogP contribution in [0.25, 0.3) is 5.69 Å². The molecule has 0 fully saturated rings. The largest absolute Gasteiger partial charge is 0.476 e. The molecule has 6 nitrogen and oxygen atoms in total. The summed E-state index contributed by atoms with van der Waals surface area (Å²) in [6.45, 7) is 1.07. The lowest BCUT2D eigenvalue weighted by Crippen LogP contribution is -2.10. The van der Waals surface area contributed by atoms with Crippen LogP contribution in [0.5, 0.6) is 5.88 Å². The van der Waals surface area contributed by atoms with E-state index in [4.69, 9.17) is 9.84 Å². The van der Waals surface area contributed by atoms with E-state index in [9.17, 15) is 14.0 Å². The molecule has 0 spiro atoms. The van der Waals surface area contributed by atoms with Crippen molar-refractivity contribution in [3.63, 3.8) is 0 Å². The van der Waals surface area contributed by atoms with Gasteiger partial charge in [0.15, 0.2) is 11.5 Å². The molecule has 0 atom stereocenters. The number of aromatic carboxylic acids is 1. The summed E-state index contributed by atoms with van der Waals surface area (Å²) in [5.41, 5.74) is -0.259. The Morgan fingerprint density at radius 2 is 2.10 bits per heavy atom. The van der Waals surface area contributed by atoms with Gasteiger partial charge in [0.1, 0.15) is 18.1 Å². The van der Waals surface area contributed by atoms with Gasteiger partial charge in [-0.05, 0) is 19.1 Å². The number of halogens is 1. The molecule has 0 saturated heterocycles. The van der Waals surface area contributed by atoms with Crippen LogP contribution >= 0.6 is 0 Å². The maximum absolute atomic E-state index is 13.7. The molecule has 0 bridgehead atoms. The van der Waals surface area contributed by atoms with Crippen LogP contribution in [-0.2, 0) is 4.79 Å². The second kappa shape index (κ2) is 5.52. The number of carbonyl (C=O) groups excluding carboxylic acids is 1. The highest BCUT2D eigenvalue weighted by molar-refractivity contribution is 5.85. The van der Waals surface area contributed by atoms with Crippen molar-refractivity contribution in [2.45, 2.75) is 6.92 Å². The third-order valence-corrected chi connectivity index (χ3v) is 2.40. The minimum Gasteiger partial charge on any atom is -0.476 e. The minimum atomic E-state index is -1.27. The molecule has 1 N–H and O–H groups in total. The maximum Gasteiger partial charge on any atom is 0.356 e. The summed E-state index contributed by atoms with van der Waals surface area (Å²) in [5, 5.41) is 12.7. The van der Waals surface area contributed by atoms with Crippen LogP contribution in [0, 0.1) is 5.82 Å². The third kappa shape index (κ3) is 2.82. The molecule has 0 aliphatic heterocycles. The van der Waals surface area contributed by atoms with Gasteiger partial charge in [0.25, 0.3) is 0 Å². The second-order valence-electron chi connectivity index (χ2n) is 4.03. The minimum absolute atomic E-state index is 0.0114. The summed E-state index contributed by atoms with van der Waals surface area (Å²) in [6, 6.07) is 6.85. The number of carboxylic acid groups (broad SMARTS) is 1. The van der Waals surface area contributed by atoms with Crippen LogP contribution in [0.2, 0.25) is 0 Å². The quantitative estimate of drug-likeness (QED) is 0.899. The first-order valence-electron chi connectivity index (χ1n) is 5.69. The van der Waals surface area contributed by atoms with Gasteiger partial charge in [-0.3, -0.25) is 4.79 Å². The second-order valence-corrected chi connectivity index (χ2v) is 4.03. The van der Waals surface area contributed by atoms with Crippen molar-refractivity contribution < 1.29 is 23.8 Å². The van der Waals surface area contributed by atoms with Gasteiger partial charge in [-0.15, -0.1) is 0 Å². The maximum atomic E-state index is 13.7. The van der Waals surface area contributed by atoms with Crippen molar-refractivity contribution in [1.29, 1.82) is 0 Å². The third-order valence-electron chi connectivity index (χ3n) is 2.40. The average Bonchev–Trinajstić information content (AvgIpc) is 2.81. The Balaban J connectivity index is 2.47. The van der Waals surface area contributed by atoms with Gasteiger partial charge in [-0.25, -0.2) is 9.18 Å². The number of hydrogen-bond acceptors (Lipinski definition) is 4. The lowest BCUT2D eigenvalue weighted by atomic mass is 10.3. The van der Waals surface area contributed by atoms with Crippen molar-refractivity contribution in [3.05, 3.63) is 41.8 Å². The first-order valence-corrected chi connectivity index (χ1v) is 5.69. The molecule has 20 heavy (non-hydrogen) atoms. The van der Waals surface area contributed by atoms with Gasteiger partial charge in [-0.2, -0.15) is 9.78 Å². The molecule has 0 unspecified atom stereocenters. The van der Waals surface area contributed by atoms with Crippen LogP contribution < -0.4 is 4.74 Å². The number of aromatic nitrogens is 2. The van der Waals surface area contributed by atoms with Crippen LogP contribution in [0.1, 0.15) is 17.4 Å². The monoisotopic (exact) mass is 278 g/mol. The summed E-state index contributed by atoms with van der Waals surface area (Å²) >= 11 is 0. The van der Waals surface area contributed by atoms with Crippen LogP contribution in [-0.4, -0.2) is 33.2 Å². The fourth-order valence-corrected chi connectivity index (χ4v) is 1.54. The van der Waals surface area contributed by atoms with Gasteiger partial charge in [0.2, 0.25) is 5.88 Å². The highest BCUT2D eigenvalue weighted by atomic mass is 19.1.